The Morgan fingerprint density at radius 1 is 1.16 bits per heavy atom. The third-order valence-electron chi connectivity index (χ3n) is 6.41. The van der Waals surface area contributed by atoms with E-state index < -0.39 is 17.8 Å². The van der Waals surface area contributed by atoms with Crippen molar-refractivity contribution < 1.29 is 14.4 Å². The molecule has 1 N–H and O–H groups in total. The summed E-state index contributed by atoms with van der Waals surface area (Å²) >= 11 is 6.59. The van der Waals surface area contributed by atoms with E-state index in [0.717, 1.165) is 28.1 Å². The second-order valence-corrected chi connectivity index (χ2v) is 9.61. The number of benzene rings is 2. The van der Waals surface area contributed by atoms with Crippen LogP contribution in [0.4, 0.5) is 16.2 Å². The van der Waals surface area contributed by atoms with Crippen LogP contribution in [0.25, 0.3) is 6.08 Å². The van der Waals surface area contributed by atoms with Gasteiger partial charge in [0.05, 0.1) is 5.69 Å². The van der Waals surface area contributed by atoms with Gasteiger partial charge < -0.3 is 4.90 Å². The first kappa shape index (κ1) is 22.1. The van der Waals surface area contributed by atoms with Gasteiger partial charge in [-0.25, -0.2) is 9.69 Å². The summed E-state index contributed by atoms with van der Waals surface area (Å²) in [5.74, 6) is -1.12. The Hall–Kier alpha value is -3.12. The molecule has 1 atom stereocenters. The molecule has 2 heterocycles. The van der Waals surface area contributed by atoms with Gasteiger partial charge in [-0.1, -0.05) is 30.7 Å². The monoisotopic (exact) mass is 451 g/mol. The number of anilines is 2. The lowest BCUT2D eigenvalue weighted by Gasteiger charge is -2.45. The Bertz CT molecular complexity index is 1180. The van der Waals surface area contributed by atoms with Crippen LogP contribution >= 0.6 is 11.6 Å². The minimum atomic E-state index is -0.767. The van der Waals surface area contributed by atoms with Crippen LogP contribution in [-0.4, -0.2) is 30.4 Å². The first-order chi connectivity index (χ1) is 15.0. The summed E-state index contributed by atoms with van der Waals surface area (Å²) in [4.78, 5) is 41.4. The lowest BCUT2D eigenvalue weighted by atomic mass is 9.80. The molecule has 2 aromatic rings. The topological polar surface area (TPSA) is 69.7 Å². The normalized spacial score (nSPS) is 21.6. The molecule has 4 rings (SSSR count). The van der Waals surface area contributed by atoms with Gasteiger partial charge in [0.2, 0.25) is 0 Å². The van der Waals surface area contributed by atoms with Gasteiger partial charge in [0, 0.05) is 23.3 Å². The second-order valence-electron chi connectivity index (χ2n) is 9.21. The van der Waals surface area contributed by atoms with Gasteiger partial charge in [0.15, 0.2) is 0 Å². The Kier molecular flexibility index (Phi) is 5.37. The third kappa shape index (κ3) is 3.69. The zero-order chi connectivity index (χ0) is 23.4. The smallest absolute Gasteiger partial charge is 0.335 e. The van der Waals surface area contributed by atoms with Gasteiger partial charge in [0.25, 0.3) is 11.8 Å². The van der Waals surface area contributed by atoms with E-state index in [0.29, 0.717) is 16.3 Å². The number of fused-ring (bicyclic) bond motifs is 1. The Morgan fingerprint density at radius 2 is 1.88 bits per heavy atom. The van der Waals surface area contributed by atoms with E-state index >= 15 is 0 Å². The Balaban J connectivity index is 1.78. The van der Waals surface area contributed by atoms with Crippen LogP contribution in [0.1, 0.15) is 49.8 Å². The number of aryl methyl sites for hydroxylation is 1. The molecule has 1 fully saturated rings. The highest BCUT2D eigenvalue weighted by Crippen LogP contribution is 2.44. The van der Waals surface area contributed by atoms with Crippen molar-refractivity contribution >= 4 is 46.9 Å². The first-order valence-electron chi connectivity index (χ1n) is 10.5. The van der Waals surface area contributed by atoms with Crippen LogP contribution in [-0.2, 0) is 9.59 Å². The molecule has 0 saturated carbocycles. The van der Waals surface area contributed by atoms with Crippen LogP contribution < -0.4 is 15.1 Å². The van der Waals surface area contributed by atoms with Crippen LogP contribution in [0.3, 0.4) is 0 Å². The van der Waals surface area contributed by atoms with E-state index in [2.05, 4.69) is 31.0 Å². The maximum atomic E-state index is 13.2. The Labute approximate surface area is 192 Å². The molecule has 2 aliphatic heterocycles. The molecule has 0 aromatic heterocycles. The van der Waals surface area contributed by atoms with Crippen molar-refractivity contribution in [3.05, 3.63) is 63.7 Å². The summed E-state index contributed by atoms with van der Waals surface area (Å²) in [7, 11) is 2.04. The zero-order valence-corrected chi connectivity index (χ0v) is 19.6. The number of imide groups is 2. The quantitative estimate of drug-likeness (QED) is 0.513. The summed E-state index contributed by atoms with van der Waals surface area (Å²) < 4.78 is 0. The maximum Gasteiger partial charge on any atom is 0.335 e. The number of nitrogens with one attached hydrogen (secondary N) is 1. The molecule has 2 aliphatic rings. The van der Waals surface area contributed by atoms with Gasteiger partial charge in [-0.05, 0) is 80.1 Å². The van der Waals surface area contributed by atoms with E-state index in [1.54, 1.807) is 18.2 Å². The molecule has 4 amide bonds. The van der Waals surface area contributed by atoms with Crippen molar-refractivity contribution in [2.24, 2.45) is 0 Å². The fourth-order valence-corrected chi connectivity index (χ4v) is 4.74. The number of halogens is 1. The minimum absolute atomic E-state index is 0.0103. The standard InChI is InChI=1S/C25H26ClN3O3/c1-14-7-6-8-17(9-14)29-23(31)19(22(30)27-24(29)32)11-16-10-18-15(2)13-25(3,4)28(5)21(18)12-20(16)26/h6-12,15H,13H2,1-5H3,(H,27,30,32)/b19-11-. The average Bonchev–Trinajstić information content (AvgIpc) is 2.69. The molecule has 0 radical (unpaired) electrons. The highest BCUT2D eigenvalue weighted by molar-refractivity contribution is 6.40. The second kappa shape index (κ2) is 7.78. The summed E-state index contributed by atoms with van der Waals surface area (Å²) in [6, 6.07) is 10.1. The van der Waals surface area contributed by atoms with Crippen LogP contribution in [0.15, 0.2) is 42.0 Å². The molecular weight excluding hydrogens is 426 g/mol. The van der Waals surface area contributed by atoms with Crippen molar-refractivity contribution in [3.8, 4) is 0 Å². The molecule has 32 heavy (non-hydrogen) atoms. The largest absolute Gasteiger partial charge is 0.369 e. The molecule has 2 aromatic carbocycles. The van der Waals surface area contributed by atoms with E-state index in [-0.39, 0.29) is 17.0 Å². The summed E-state index contributed by atoms with van der Waals surface area (Å²) in [5, 5.41) is 2.70. The van der Waals surface area contributed by atoms with Gasteiger partial charge in [0.1, 0.15) is 5.57 Å². The molecule has 7 heteroatoms. The maximum absolute atomic E-state index is 13.2. The summed E-state index contributed by atoms with van der Waals surface area (Å²) in [5.41, 5.74) is 3.87. The van der Waals surface area contributed by atoms with Gasteiger partial charge in [-0.3, -0.25) is 14.9 Å². The zero-order valence-electron chi connectivity index (χ0n) is 18.8. The van der Waals surface area contributed by atoms with Gasteiger partial charge in [-0.15, -0.1) is 0 Å². The predicted molar refractivity (Wildman–Crippen MR) is 127 cm³/mol. The van der Waals surface area contributed by atoms with Crippen LogP contribution in [0.2, 0.25) is 5.02 Å². The highest BCUT2D eigenvalue weighted by Gasteiger charge is 2.38. The van der Waals surface area contributed by atoms with Crippen molar-refractivity contribution in [3.63, 3.8) is 0 Å². The Morgan fingerprint density at radius 3 is 2.56 bits per heavy atom. The molecule has 6 nitrogen and oxygen atoms in total. The fourth-order valence-electron chi connectivity index (χ4n) is 4.53. The van der Waals surface area contributed by atoms with Crippen molar-refractivity contribution in [2.75, 3.05) is 16.8 Å². The molecule has 0 aliphatic carbocycles. The van der Waals surface area contributed by atoms with Crippen molar-refractivity contribution in [2.45, 2.75) is 45.6 Å². The molecule has 0 bridgehead atoms. The lowest BCUT2D eigenvalue weighted by Crippen LogP contribution is -2.54. The fraction of sp³-hybridized carbons (Fsp3) is 0.320. The predicted octanol–water partition coefficient (Wildman–Crippen LogP) is 5.04. The van der Waals surface area contributed by atoms with Crippen molar-refractivity contribution in [1.29, 1.82) is 0 Å². The first-order valence-corrected chi connectivity index (χ1v) is 10.9. The molecule has 1 saturated heterocycles. The number of amides is 4. The third-order valence-corrected chi connectivity index (χ3v) is 6.74. The van der Waals surface area contributed by atoms with Crippen LogP contribution in [0, 0.1) is 6.92 Å². The number of hydrogen-bond donors (Lipinski definition) is 1. The van der Waals surface area contributed by atoms with Gasteiger partial charge >= 0.3 is 6.03 Å². The van der Waals surface area contributed by atoms with Gasteiger partial charge in [-0.2, -0.15) is 0 Å². The summed E-state index contributed by atoms with van der Waals surface area (Å²) in [6.45, 7) is 8.41. The van der Waals surface area contributed by atoms with Crippen LogP contribution in [0.5, 0.6) is 0 Å². The molecule has 0 spiro atoms. The highest BCUT2D eigenvalue weighted by atomic mass is 35.5. The summed E-state index contributed by atoms with van der Waals surface area (Å²) in [6.07, 6.45) is 2.44. The number of hydrogen-bond acceptors (Lipinski definition) is 4. The number of nitrogens with zero attached hydrogens (tertiary/aromatic N) is 2. The SMILES string of the molecule is Cc1cccc(N2C(=O)NC(=O)/C(=C/c3cc4c(cc3Cl)N(C)C(C)(C)CC4C)C2=O)c1. The average molecular weight is 452 g/mol. The minimum Gasteiger partial charge on any atom is -0.369 e. The van der Waals surface area contributed by atoms with E-state index in [1.807, 2.05) is 32.2 Å². The number of barbiturate groups is 1. The molecule has 1 unspecified atom stereocenters. The molecular formula is C25H26ClN3O3. The number of rotatable bonds is 2. The van der Waals surface area contributed by atoms with E-state index in [4.69, 9.17) is 11.6 Å². The number of carbonyl (C=O) groups excluding carboxylic acids is 3. The number of carbonyl (C=O) groups is 3. The number of urea groups is 1. The van der Waals surface area contributed by atoms with Crippen molar-refractivity contribution in [1.82, 2.24) is 5.32 Å². The van der Waals surface area contributed by atoms with E-state index in [9.17, 15) is 14.4 Å². The molecule has 166 valence electrons. The lowest BCUT2D eigenvalue weighted by molar-refractivity contribution is -0.122. The van der Waals surface area contributed by atoms with E-state index in [1.165, 1.54) is 6.08 Å².